The third kappa shape index (κ3) is 2.23. The van der Waals surface area contributed by atoms with Gasteiger partial charge in [0.25, 0.3) is 0 Å². The molecule has 0 radical (unpaired) electrons. The number of nitrogens with zero attached hydrogens (tertiary/aromatic N) is 1. The summed E-state index contributed by atoms with van der Waals surface area (Å²) in [5.41, 5.74) is 0. The molecular weight excluding hydrogens is 234 g/mol. The van der Waals surface area contributed by atoms with Gasteiger partial charge in [-0.05, 0) is 12.3 Å². The number of likely N-dealkylation sites (tertiary alicyclic amines) is 1. The van der Waals surface area contributed by atoms with Crippen LogP contribution in [0.5, 0.6) is 0 Å². The van der Waals surface area contributed by atoms with Crippen LogP contribution in [0.3, 0.4) is 0 Å². The second kappa shape index (κ2) is 4.42. The Morgan fingerprint density at radius 3 is 2.62 bits per heavy atom. The molecule has 0 aliphatic carbocycles. The molecule has 0 aromatic heterocycles. The lowest BCUT2D eigenvalue weighted by Crippen LogP contribution is -2.43. The van der Waals surface area contributed by atoms with Crippen LogP contribution in [-0.4, -0.2) is 39.9 Å². The highest BCUT2D eigenvalue weighted by atomic mass is 79.9. The number of hydrogen-bond donors (Lipinski definition) is 1. The second-order valence-electron chi connectivity index (χ2n) is 3.78. The number of halogens is 1. The van der Waals surface area contributed by atoms with Gasteiger partial charge >= 0.3 is 0 Å². The van der Waals surface area contributed by atoms with Crippen molar-refractivity contribution in [3.05, 3.63) is 0 Å². The van der Waals surface area contributed by atoms with Crippen molar-refractivity contribution < 1.29 is 9.90 Å². The Morgan fingerprint density at radius 2 is 2.31 bits per heavy atom. The molecule has 0 aromatic carbocycles. The van der Waals surface area contributed by atoms with Gasteiger partial charge in [0.2, 0.25) is 5.91 Å². The van der Waals surface area contributed by atoms with Crippen molar-refractivity contribution >= 4 is 21.8 Å². The summed E-state index contributed by atoms with van der Waals surface area (Å²) in [6.45, 7) is 4.87. The first-order valence-electron chi connectivity index (χ1n) is 4.63. The van der Waals surface area contributed by atoms with E-state index in [1.54, 1.807) is 4.90 Å². The van der Waals surface area contributed by atoms with Crippen LogP contribution < -0.4 is 0 Å². The van der Waals surface area contributed by atoms with Crippen LogP contribution in [0.4, 0.5) is 0 Å². The number of hydrogen-bond acceptors (Lipinski definition) is 2. The molecule has 1 heterocycles. The van der Waals surface area contributed by atoms with Gasteiger partial charge in [0.15, 0.2) is 0 Å². The number of carbonyl (C=O) groups excluding carboxylic acids is 1. The molecule has 13 heavy (non-hydrogen) atoms. The number of rotatable bonds is 3. The number of alkyl halides is 1. The summed E-state index contributed by atoms with van der Waals surface area (Å²) in [6.07, 6.45) is 0.849. The molecule has 3 nitrogen and oxygen atoms in total. The van der Waals surface area contributed by atoms with Gasteiger partial charge in [-0.25, -0.2) is 0 Å². The van der Waals surface area contributed by atoms with Gasteiger partial charge in [-0.15, -0.1) is 0 Å². The number of aliphatic hydroxyl groups is 1. The summed E-state index contributed by atoms with van der Waals surface area (Å²) in [7, 11) is 0. The average molecular weight is 250 g/mol. The zero-order valence-corrected chi connectivity index (χ0v) is 9.62. The van der Waals surface area contributed by atoms with Crippen LogP contribution in [0.25, 0.3) is 0 Å². The molecule has 1 saturated heterocycles. The van der Waals surface area contributed by atoms with E-state index in [-0.39, 0.29) is 23.4 Å². The molecule has 1 N–H and O–H groups in total. The predicted octanol–water partition coefficient (Wildman–Crippen LogP) is 0.999. The van der Waals surface area contributed by atoms with Crippen LogP contribution in [-0.2, 0) is 4.79 Å². The van der Waals surface area contributed by atoms with Gasteiger partial charge in [0, 0.05) is 6.54 Å². The minimum Gasteiger partial charge on any atom is -0.394 e. The SMILES string of the molecule is CC(C)C(CO)N1CCC(Br)C1=O. The van der Waals surface area contributed by atoms with Crippen molar-refractivity contribution in [2.24, 2.45) is 5.92 Å². The molecule has 1 aliphatic heterocycles. The number of amides is 1. The van der Waals surface area contributed by atoms with E-state index in [1.165, 1.54) is 0 Å². The molecule has 76 valence electrons. The smallest absolute Gasteiger partial charge is 0.236 e. The summed E-state index contributed by atoms with van der Waals surface area (Å²) in [6, 6.07) is -0.0185. The molecule has 0 aromatic rings. The van der Waals surface area contributed by atoms with Crippen molar-refractivity contribution in [3.63, 3.8) is 0 Å². The van der Waals surface area contributed by atoms with E-state index < -0.39 is 0 Å². The lowest BCUT2D eigenvalue weighted by Gasteiger charge is -2.29. The third-order valence-electron chi connectivity index (χ3n) is 2.53. The minimum atomic E-state index is -0.0414. The first kappa shape index (κ1) is 11.0. The molecule has 1 rings (SSSR count). The van der Waals surface area contributed by atoms with E-state index in [0.29, 0.717) is 5.92 Å². The summed E-state index contributed by atoms with van der Waals surface area (Å²) in [5.74, 6) is 0.430. The van der Waals surface area contributed by atoms with Gasteiger partial charge in [-0.1, -0.05) is 29.8 Å². The summed E-state index contributed by atoms with van der Waals surface area (Å²) in [4.78, 5) is 13.3. The lowest BCUT2D eigenvalue weighted by atomic mass is 10.0. The highest BCUT2D eigenvalue weighted by Gasteiger charge is 2.34. The van der Waals surface area contributed by atoms with Gasteiger partial charge in [-0.3, -0.25) is 4.79 Å². The Morgan fingerprint density at radius 1 is 1.69 bits per heavy atom. The highest BCUT2D eigenvalue weighted by Crippen LogP contribution is 2.23. The highest BCUT2D eigenvalue weighted by molar-refractivity contribution is 9.10. The normalized spacial score (nSPS) is 25.8. The molecule has 0 saturated carbocycles. The topological polar surface area (TPSA) is 40.5 Å². The Hall–Kier alpha value is -0.0900. The molecular formula is C9H16BrNO2. The molecule has 2 unspecified atom stereocenters. The monoisotopic (exact) mass is 249 g/mol. The largest absolute Gasteiger partial charge is 0.394 e. The lowest BCUT2D eigenvalue weighted by molar-refractivity contribution is -0.130. The molecule has 4 heteroatoms. The van der Waals surface area contributed by atoms with Gasteiger partial charge < -0.3 is 10.0 Å². The Labute approximate surface area is 87.2 Å². The second-order valence-corrected chi connectivity index (χ2v) is 4.89. The van der Waals surface area contributed by atoms with Gasteiger partial charge in [0.05, 0.1) is 17.5 Å². The molecule has 1 amide bonds. The van der Waals surface area contributed by atoms with Crippen LogP contribution in [0, 0.1) is 5.92 Å². The summed E-state index contributed by atoms with van der Waals surface area (Å²) in [5, 5.41) is 9.15. The summed E-state index contributed by atoms with van der Waals surface area (Å²) < 4.78 is 0. The van der Waals surface area contributed by atoms with E-state index in [4.69, 9.17) is 5.11 Å². The fourth-order valence-corrected chi connectivity index (χ4v) is 2.13. The van der Waals surface area contributed by atoms with E-state index >= 15 is 0 Å². The maximum atomic E-state index is 11.6. The van der Waals surface area contributed by atoms with Crippen molar-refractivity contribution in [2.75, 3.05) is 13.2 Å². The van der Waals surface area contributed by atoms with Gasteiger partial charge in [-0.2, -0.15) is 0 Å². The first-order chi connectivity index (χ1) is 6.07. The zero-order chi connectivity index (χ0) is 10.0. The Bertz CT molecular complexity index is 196. The summed E-state index contributed by atoms with van der Waals surface area (Å²) >= 11 is 3.32. The Kier molecular flexibility index (Phi) is 3.74. The average Bonchev–Trinajstić information content (AvgIpc) is 2.37. The number of carbonyl (C=O) groups is 1. The zero-order valence-electron chi connectivity index (χ0n) is 8.03. The molecule has 0 spiro atoms. The molecule has 1 aliphatic rings. The van der Waals surface area contributed by atoms with E-state index in [0.717, 1.165) is 13.0 Å². The van der Waals surface area contributed by atoms with Crippen LogP contribution >= 0.6 is 15.9 Å². The van der Waals surface area contributed by atoms with Crippen molar-refractivity contribution in [2.45, 2.75) is 31.1 Å². The molecule has 2 atom stereocenters. The van der Waals surface area contributed by atoms with E-state index in [1.807, 2.05) is 13.8 Å². The first-order valence-corrected chi connectivity index (χ1v) is 5.55. The maximum absolute atomic E-state index is 11.6. The fraction of sp³-hybridized carbons (Fsp3) is 0.889. The molecule has 1 fully saturated rings. The fourth-order valence-electron chi connectivity index (χ4n) is 1.66. The number of aliphatic hydroxyl groups excluding tert-OH is 1. The standard InChI is InChI=1S/C9H16BrNO2/c1-6(2)8(5-12)11-4-3-7(10)9(11)13/h6-8,12H,3-5H2,1-2H3. The maximum Gasteiger partial charge on any atom is 0.236 e. The van der Waals surface area contributed by atoms with Crippen molar-refractivity contribution in [1.82, 2.24) is 4.90 Å². The van der Waals surface area contributed by atoms with Crippen molar-refractivity contribution in [3.8, 4) is 0 Å². The van der Waals surface area contributed by atoms with E-state index in [2.05, 4.69) is 15.9 Å². The predicted molar refractivity (Wildman–Crippen MR) is 54.8 cm³/mol. The molecule has 0 bridgehead atoms. The third-order valence-corrected chi connectivity index (χ3v) is 3.38. The van der Waals surface area contributed by atoms with Crippen molar-refractivity contribution in [1.29, 1.82) is 0 Å². The van der Waals surface area contributed by atoms with E-state index in [9.17, 15) is 4.79 Å². The van der Waals surface area contributed by atoms with Gasteiger partial charge in [0.1, 0.15) is 0 Å². The Balaban J connectivity index is 2.65. The quantitative estimate of drug-likeness (QED) is 0.759. The van der Waals surface area contributed by atoms with Crippen LogP contribution in [0.2, 0.25) is 0 Å². The van der Waals surface area contributed by atoms with Crippen LogP contribution in [0.15, 0.2) is 0 Å². The minimum absolute atomic E-state index is 0.0185. The van der Waals surface area contributed by atoms with Crippen LogP contribution in [0.1, 0.15) is 20.3 Å².